The maximum absolute atomic E-state index is 6.03. The minimum atomic E-state index is 0.177. The van der Waals surface area contributed by atoms with Crippen molar-refractivity contribution in [3.8, 4) is 0 Å². The molecule has 0 atom stereocenters. The Morgan fingerprint density at radius 2 is 1.82 bits per heavy atom. The van der Waals surface area contributed by atoms with Crippen molar-refractivity contribution >= 4 is 0 Å². The van der Waals surface area contributed by atoms with Crippen molar-refractivity contribution in [3.63, 3.8) is 0 Å². The predicted molar refractivity (Wildman–Crippen MR) is 71.4 cm³/mol. The molecule has 1 saturated carbocycles. The van der Waals surface area contributed by atoms with Gasteiger partial charge in [0.1, 0.15) is 0 Å². The summed E-state index contributed by atoms with van der Waals surface area (Å²) in [5, 5.41) is 3.46. The molecule has 0 saturated heterocycles. The van der Waals surface area contributed by atoms with Crippen LogP contribution >= 0.6 is 0 Å². The van der Waals surface area contributed by atoms with E-state index in [1.807, 2.05) is 0 Å². The van der Waals surface area contributed by atoms with Crippen molar-refractivity contribution in [3.05, 3.63) is 0 Å². The second kappa shape index (κ2) is 8.90. The molecule has 3 heteroatoms. The van der Waals surface area contributed by atoms with E-state index >= 15 is 0 Å². The molecule has 0 aromatic rings. The first kappa shape index (κ1) is 14.9. The molecule has 1 fully saturated rings. The molecular formula is C14H29NO2. The van der Waals surface area contributed by atoms with Crippen LogP contribution in [0.3, 0.4) is 0 Å². The lowest BCUT2D eigenvalue weighted by Crippen LogP contribution is -2.43. The molecule has 1 rings (SSSR count). The van der Waals surface area contributed by atoms with Crippen molar-refractivity contribution in [2.75, 3.05) is 32.9 Å². The molecule has 0 spiro atoms. The van der Waals surface area contributed by atoms with Gasteiger partial charge in [-0.3, -0.25) is 0 Å². The normalized spacial score (nSPS) is 18.0. The molecule has 0 radical (unpaired) electrons. The fourth-order valence-corrected chi connectivity index (χ4v) is 2.22. The fraction of sp³-hybridized carbons (Fsp3) is 1.00. The van der Waals surface area contributed by atoms with Gasteiger partial charge in [0.05, 0.1) is 18.8 Å². The molecule has 1 aliphatic rings. The van der Waals surface area contributed by atoms with Crippen molar-refractivity contribution in [1.29, 1.82) is 0 Å². The zero-order valence-electron chi connectivity index (χ0n) is 11.6. The first-order valence-corrected chi connectivity index (χ1v) is 7.25. The molecule has 0 bridgehead atoms. The summed E-state index contributed by atoms with van der Waals surface area (Å²) >= 11 is 0. The summed E-state index contributed by atoms with van der Waals surface area (Å²) in [4.78, 5) is 0. The second-order valence-electron chi connectivity index (χ2n) is 5.00. The van der Waals surface area contributed by atoms with Crippen LogP contribution in [0.5, 0.6) is 0 Å². The quantitative estimate of drug-likeness (QED) is 0.566. The summed E-state index contributed by atoms with van der Waals surface area (Å²) in [5.41, 5.74) is 0.177. The summed E-state index contributed by atoms with van der Waals surface area (Å²) in [6.07, 6.45) is 7.23. The van der Waals surface area contributed by atoms with Crippen LogP contribution in [0.15, 0.2) is 0 Å². The first-order valence-electron chi connectivity index (χ1n) is 7.25. The van der Waals surface area contributed by atoms with Crippen molar-refractivity contribution < 1.29 is 9.47 Å². The number of rotatable bonds is 11. The van der Waals surface area contributed by atoms with Crippen LogP contribution in [0.2, 0.25) is 0 Å². The Morgan fingerprint density at radius 1 is 1.00 bits per heavy atom. The summed E-state index contributed by atoms with van der Waals surface area (Å²) < 4.78 is 11.5. The third-order valence-corrected chi connectivity index (χ3v) is 3.43. The molecule has 0 aromatic carbocycles. The molecule has 17 heavy (non-hydrogen) atoms. The van der Waals surface area contributed by atoms with Gasteiger partial charge in [-0.05, 0) is 51.6 Å². The van der Waals surface area contributed by atoms with Crippen LogP contribution in [0, 0.1) is 0 Å². The zero-order valence-corrected chi connectivity index (χ0v) is 11.6. The molecular weight excluding hydrogens is 214 g/mol. The summed E-state index contributed by atoms with van der Waals surface area (Å²) in [5.74, 6) is 0. The monoisotopic (exact) mass is 243 g/mol. The van der Waals surface area contributed by atoms with E-state index < -0.39 is 0 Å². The van der Waals surface area contributed by atoms with E-state index in [2.05, 4.69) is 19.2 Å². The Bertz CT molecular complexity index is 181. The Hall–Kier alpha value is -0.120. The van der Waals surface area contributed by atoms with Crippen LogP contribution in [0.1, 0.15) is 52.4 Å². The molecule has 0 aromatic heterocycles. The highest BCUT2D eigenvalue weighted by molar-refractivity contribution is 4.90. The van der Waals surface area contributed by atoms with E-state index in [1.165, 1.54) is 25.7 Å². The highest BCUT2D eigenvalue weighted by Gasteiger charge is 2.37. The molecule has 0 heterocycles. The summed E-state index contributed by atoms with van der Waals surface area (Å²) in [7, 11) is 0. The van der Waals surface area contributed by atoms with Crippen molar-refractivity contribution in [2.45, 2.75) is 58.0 Å². The predicted octanol–water partition coefficient (Wildman–Crippen LogP) is 2.74. The Kier molecular flexibility index (Phi) is 7.82. The van der Waals surface area contributed by atoms with Gasteiger partial charge in [-0.2, -0.15) is 0 Å². The maximum Gasteiger partial charge on any atom is 0.0708 e. The summed E-state index contributed by atoms with van der Waals surface area (Å²) in [6, 6.07) is 0. The first-order chi connectivity index (χ1) is 8.33. The summed E-state index contributed by atoms with van der Waals surface area (Å²) in [6.45, 7) is 8.90. The number of hydrogen-bond donors (Lipinski definition) is 1. The number of nitrogens with one attached hydrogen (secondary N) is 1. The van der Waals surface area contributed by atoms with Gasteiger partial charge in [0.15, 0.2) is 0 Å². The van der Waals surface area contributed by atoms with Gasteiger partial charge >= 0.3 is 0 Å². The van der Waals surface area contributed by atoms with Crippen LogP contribution in [-0.2, 0) is 9.47 Å². The lowest BCUT2D eigenvalue weighted by atomic mass is 9.77. The van der Waals surface area contributed by atoms with Gasteiger partial charge < -0.3 is 14.8 Å². The topological polar surface area (TPSA) is 30.5 Å². The van der Waals surface area contributed by atoms with E-state index in [4.69, 9.17) is 9.47 Å². The van der Waals surface area contributed by atoms with Crippen molar-refractivity contribution in [1.82, 2.24) is 5.32 Å². The number of ether oxygens (including phenoxy) is 2. The molecule has 1 aliphatic carbocycles. The smallest absolute Gasteiger partial charge is 0.0708 e. The van der Waals surface area contributed by atoms with E-state index in [0.717, 1.165) is 45.8 Å². The number of hydrogen-bond acceptors (Lipinski definition) is 3. The van der Waals surface area contributed by atoms with Crippen LogP contribution in [-0.4, -0.2) is 38.5 Å². The molecule has 1 N–H and O–H groups in total. The highest BCUT2D eigenvalue weighted by Crippen LogP contribution is 2.38. The lowest BCUT2D eigenvalue weighted by molar-refractivity contribution is -0.117. The average molecular weight is 243 g/mol. The maximum atomic E-state index is 6.03. The Morgan fingerprint density at radius 3 is 2.41 bits per heavy atom. The highest BCUT2D eigenvalue weighted by atomic mass is 16.5. The van der Waals surface area contributed by atoms with Gasteiger partial charge in [-0.15, -0.1) is 0 Å². The molecule has 102 valence electrons. The second-order valence-corrected chi connectivity index (χ2v) is 5.00. The SMILES string of the molecule is CCCNCCC1(OCCOCCC)CCC1. The average Bonchev–Trinajstić information content (AvgIpc) is 2.29. The third-order valence-electron chi connectivity index (χ3n) is 3.43. The largest absolute Gasteiger partial charge is 0.379 e. The zero-order chi connectivity index (χ0) is 12.4. The van der Waals surface area contributed by atoms with Gasteiger partial charge in [0, 0.05) is 6.61 Å². The molecule has 0 amide bonds. The Labute approximate surface area is 106 Å². The van der Waals surface area contributed by atoms with Crippen molar-refractivity contribution in [2.24, 2.45) is 0 Å². The minimum Gasteiger partial charge on any atom is -0.379 e. The lowest BCUT2D eigenvalue weighted by Gasteiger charge is -2.42. The molecule has 0 unspecified atom stereocenters. The Balaban J connectivity index is 2.04. The minimum absolute atomic E-state index is 0.177. The van der Waals surface area contributed by atoms with Crippen LogP contribution in [0.4, 0.5) is 0 Å². The van der Waals surface area contributed by atoms with Gasteiger partial charge in [0.25, 0.3) is 0 Å². The van der Waals surface area contributed by atoms with E-state index in [1.54, 1.807) is 0 Å². The van der Waals surface area contributed by atoms with E-state index in [-0.39, 0.29) is 5.60 Å². The molecule has 3 nitrogen and oxygen atoms in total. The van der Waals surface area contributed by atoms with Crippen LogP contribution < -0.4 is 5.32 Å². The van der Waals surface area contributed by atoms with Gasteiger partial charge in [-0.25, -0.2) is 0 Å². The fourth-order valence-electron chi connectivity index (χ4n) is 2.22. The third kappa shape index (κ3) is 5.84. The standard InChI is InChI=1S/C14H29NO2/c1-3-9-15-10-8-14(6-5-7-14)17-13-12-16-11-4-2/h15H,3-13H2,1-2H3. The molecule has 0 aliphatic heterocycles. The van der Waals surface area contributed by atoms with E-state index in [0.29, 0.717) is 0 Å². The van der Waals surface area contributed by atoms with Gasteiger partial charge in [0.2, 0.25) is 0 Å². The van der Waals surface area contributed by atoms with Gasteiger partial charge in [-0.1, -0.05) is 13.8 Å². The van der Waals surface area contributed by atoms with Crippen LogP contribution in [0.25, 0.3) is 0 Å². The van der Waals surface area contributed by atoms with E-state index in [9.17, 15) is 0 Å².